The minimum Gasteiger partial charge on any atom is -0.497 e. The van der Waals surface area contributed by atoms with Gasteiger partial charge in [-0.1, -0.05) is 6.07 Å². The summed E-state index contributed by atoms with van der Waals surface area (Å²) in [7, 11) is 3.09. The highest BCUT2D eigenvalue weighted by Gasteiger charge is 2.09. The van der Waals surface area contributed by atoms with Crippen molar-refractivity contribution in [2.24, 2.45) is 0 Å². The molecule has 2 rings (SSSR count). The fourth-order valence-electron chi connectivity index (χ4n) is 2.55. The Morgan fingerprint density at radius 1 is 1.08 bits per heavy atom. The number of nitrogens with zero attached hydrogens (tertiary/aromatic N) is 1. The summed E-state index contributed by atoms with van der Waals surface area (Å²) in [5.74, 6) is 0.970. The standard InChI is InChI=1S/C19H24N2O4/c1-14-7-6-8-18(22)21(14)10-5-4-9-20-19(23)15-11-16(24-2)13-17(12-15)25-3/h6-8,11-13H,4-5,9-10H2,1-3H3,(H,20,23). The Labute approximate surface area is 147 Å². The zero-order valence-corrected chi connectivity index (χ0v) is 14.9. The van der Waals surface area contributed by atoms with Crippen LogP contribution in [0.5, 0.6) is 11.5 Å². The number of rotatable bonds is 8. The summed E-state index contributed by atoms with van der Waals surface area (Å²) in [5, 5.41) is 2.88. The number of ether oxygens (including phenoxy) is 2. The predicted molar refractivity (Wildman–Crippen MR) is 96.6 cm³/mol. The Bertz CT molecular complexity index is 761. The van der Waals surface area contributed by atoms with Gasteiger partial charge in [0.25, 0.3) is 11.5 Å². The number of pyridine rings is 1. The van der Waals surface area contributed by atoms with Crippen LogP contribution >= 0.6 is 0 Å². The first-order valence-corrected chi connectivity index (χ1v) is 8.23. The Balaban J connectivity index is 1.84. The number of hydrogen-bond donors (Lipinski definition) is 1. The molecule has 1 heterocycles. The van der Waals surface area contributed by atoms with Gasteiger partial charge >= 0.3 is 0 Å². The molecule has 134 valence electrons. The monoisotopic (exact) mass is 344 g/mol. The lowest BCUT2D eigenvalue weighted by molar-refractivity contribution is 0.0952. The highest BCUT2D eigenvalue weighted by atomic mass is 16.5. The molecule has 0 unspecified atom stereocenters. The van der Waals surface area contributed by atoms with Gasteiger partial charge in [-0.05, 0) is 38.0 Å². The van der Waals surface area contributed by atoms with Crippen LogP contribution in [0.2, 0.25) is 0 Å². The van der Waals surface area contributed by atoms with Gasteiger partial charge in [0.2, 0.25) is 0 Å². The van der Waals surface area contributed by atoms with Crippen molar-refractivity contribution >= 4 is 5.91 Å². The van der Waals surface area contributed by atoms with Crippen LogP contribution in [0.3, 0.4) is 0 Å². The van der Waals surface area contributed by atoms with E-state index in [2.05, 4.69) is 5.32 Å². The first kappa shape index (κ1) is 18.6. The number of aryl methyl sites for hydroxylation is 1. The van der Waals surface area contributed by atoms with E-state index in [1.807, 2.05) is 13.0 Å². The maximum Gasteiger partial charge on any atom is 0.251 e. The summed E-state index contributed by atoms with van der Waals surface area (Å²) < 4.78 is 12.1. The molecule has 0 spiro atoms. The van der Waals surface area contributed by atoms with Gasteiger partial charge in [-0.15, -0.1) is 0 Å². The van der Waals surface area contributed by atoms with E-state index in [9.17, 15) is 9.59 Å². The first-order chi connectivity index (χ1) is 12.0. The summed E-state index contributed by atoms with van der Waals surface area (Å²) in [4.78, 5) is 24.0. The third-order valence-electron chi connectivity index (χ3n) is 3.98. The molecule has 2 aromatic rings. The lowest BCUT2D eigenvalue weighted by Crippen LogP contribution is -2.25. The second kappa shape index (κ2) is 8.92. The minimum atomic E-state index is -0.176. The van der Waals surface area contributed by atoms with Crippen LogP contribution in [0.15, 0.2) is 41.2 Å². The number of aromatic nitrogens is 1. The van der Waals surface area contributed by atoms with Crippen molar-refractivity contribution in [1.82, 2.24) is 9.88 Å². The number of carbonyl (C=O) groups excluding carboxylic acids is 1. The van der Waals surface area contributed by atoms with Crippen LogP contribution in [0.4, 0.5) is 0 Å². The number of nitrogens with one attached hydrogen (secondary N) is 1. The van der Waals surface area contributed by atoms with E-state index in [0.29, 0.717) is 30.2 Å². The maximum atomic E-state index is 12.2. The quantitative estimate of drug-likeness (QED) is 0.747. The van der Waals surface area contributed by atoms with Crippen molar-refractivity contribution in [3.63, 3.8) is 0 Å². The van der Waals surface area contributed by atoms with E-state index in [4.69, 9.17) is 9.47 Å². The van der Waals surface area contributed by atoms with Crippen molar-refractivity contribution in [3.8, 4) is 11.5 Å². The van der Waals surface area contributed by atoms with E-state index < -0.39 is 0 Å². The molecular weight excluding hydrogens is 320 g/mol. The van der Waals surface area contributed by atoms with Gasteiger partial charge in [-0.3, -0.25) is 9.59 Å². The van der Waals surface area contributed by atoms with E-state index >= 15 is 0 Å². The zero-order valence-electron chi connectivity index (χ0n) is 14.9. The van der Waals surface area contributed by atoms with Crippen molar-refractivity contribution in [3.05, 3.63) is 58.0 Å². The van der Waals surface area contributed by atoms with Crippen molar-refractivity contribution < 1.29 is 14.3 Å². The lowest BCUT2D eigenvalue weighted by Gasteiger charge is -2.10. The van der Waals surface area contributed by atoms with Gasteiger partial charge in [0.15, 0.2) is 0 Å². The first-order valence-electron chi connectivity index (χ1n) is 8.23. The van der Waals surface area contributed by atoms with E-state index in [0.717, 1.165) is 18.5 Å². The average Bonchev–Trinajstić information content (AvgIpc) is 2.62. The second-order valence-corrected chi connectivity index (χ2v) is 5.72. The highest BCUT2D eigenvalue weighted by molar-refractivity contribution is 5.95. The predicted octanol–water partition coefficient (Wildman–Crippen LogP) is 2.38. The molecule has 25 heavy (non-hydrogen) atoms. The number of unbranched alkanes of at least 4 members (excludes halogenated alkanes) is 1. The van der Waals surface area contributed by atoms with Crippen LogP contribution in [0.1, 0.15) is 28.9 Å². The summed E-state index contributed by atoms with van der Waals surface area (Å²) in [5.41, 5.74) is 1.44. The number of hydrogen-bond acceptors (Lipinski definition) is 4. The molecule has 0 atom stereocenters. The number of benzene rings is 1. The number of amides is 1. The van der Waals surface area contributed by atoms with Gasteiger partial charge < -0.3 is 19.4 Å². The Hall–Kier alpha value is -2.76. The van der Waals surface area contributed by atoms with Gasteiger partial charge in [0, 0.05) is 36.5 Å². The molecule has 0 aliphatic carbocycles. The van der Waals surface area contributed by atoms with Crippen LogP contribution in [0, 0.1) is 6.92 Å². The molecule has 0 radical (unpaired) electrons. The smallest absolute Gasteiger partial charge is 0.251 e. The Morgan fingerprint density at radius 3 is 2.36 bits per heavy atom. The molecule has 0 fully saturated rings. The van der Waals surface area contributed by atoms with E-state index in [1.165, 1.54) is 0 Å². The maximum absolute atomic E-state index is 12.2. The van der Waals surface area contributed by atoms with Crippen molar-refractivity contribution in [2.45, 2.75) is 26.3 Å². The van der Waals surface area contributed by atoms with Crippen molar-refractivity contribution in [2.75, 3.05) is 20.8 Å². The van der Waals surface area contributed by atoms with Gasteiger partial charge in [-0.25, -0.2) is 0 Å². The van der Waals surface area contributed by atoms with Crippen molar-refractivity contribution in [1.29, 1.82) is 0 Å². The summed E-state index contributed by atoms with van der Waals surface area (Å²) in [6.45, 7) is 3.10. The summed E-state index contributed by atoms with van der Waals surface area (Å²) >= 11 is 0. The molecule has 6 heteroatoms. The number of methoxy groups -OCH3 is 2. The van der Waals surface area contributed by atoms with Gasteiger partial charge in [0.05, 0.1) is 14.2 Å². The molecule has 0 saturated carbocycles. The third-order valence-corrected chi connectivity index (χ3v) is 3.98. The van der Waals surface area contributed by atoms with Gasteiger partial charge in [0.1, 0.15) is 11.5 Å². The molecule has 1 aromatic heterocycles. The van der Waals surface area contributed by atoms with Crippen LogP contribution in [0.25, 0.3) is 0 Å². The molecule has 0 aliphatic rings. The van der Waals surface area contributed by atoms with Gasteiger partial charge in [-0.2, -0.15) is 0 Å². The molecule has 0 bridgehead atoms. The van der Waals surface area contributed by atoms with E-state index in [-0.39, 0.29) is 11.5 Å². The summed E-state index contributed by atoms with van der Waals surface area (Å²) in [6, 6.07) is 10.3. The van der Waals surface area contributed by atoms with Crippen LogP contribution in [-0.2, 0) is 6.54 Å². The summed E-state index contributed by atoms with van der Waals surface area (Å²) in [6.07, 6.45) is 1.60. The van der Waals surface area contributed by atoms with E-state index in [1.54, 1.807) is 49.1 Å². The molecule has 6 nitrogen and oxygen atoms in total. The highest BCUT2D eigenvalue weighted by Crippen LogP contribution is 2.22. The Kier molecular flexibility index (Phi) is 6.62. The number of carbonyl (C=O) groups is 1. The normalized spacial score (nSPS) is 10.4. The van der Waals surface area contributed by atoms with Crippen LogP contribution < -0.4 is 20.3 Å². The SMILES string of the molecule is COc1cc(OC)cc(C(=O)NCCCCn2c(C)cccc2=O)c1. The molecule has 0 aliphatic heterocycles. The molecule has 1 N–H and O–H groups in total. The fraction of sp³-hybridized carbons (Fsp3) is 0.368. The average molecular weight is 344 g/mol. The largest absolute Gasteiger partial charge is 0.497 e. The second-order valence-electron chi connectivity index (χ2n) is 5.72. The van der Waals surface area contributed by atoms with Crippen LogP contribution in [-0.4, -0.2) is 31.2 Å². The third kappa shape index (κ3) is 5.11. The fourth-order valence-corrected chi connectivity index (χ4v) is 2.55. The Morgan fingerprint density at radius 2 is 1.76 bits per heavy atom. The molecule has 1 amide bonds. The molecule has 1 aromatic carbocycles. The molecule has 0 saturated heterocycles. The minimum absolute atomic E-state index is 0.00695. The topological polar surface area (TPSA) is 69.6 Å². The lowest BCUT2D eigenvalue weighted by atomic mass is 10.2. The zero-order chi connectivity index (χ0) is 18.2. The molecular formula is C19H24N2O4.